The largest absolute Gasteiger partial charge is 0.478 e. The first-order valence-electron chi connectivity index (χ1n) is 12.6. The molecule has 4 rings (SSSR count). The molecule has 1 atom stereocenters. The average Bonchev–Trinajstić information content (AvgIpc) is 3.54. The van der Waals surface area contributed by atoms with E-state index in [9.17, 15) is 23.1 Å². The third-order valence-electron chi connectivity index (χ3n) is 6.55. The van der Waals surface area contributed by atoms with Gasteiger partial charge in [-0.15, -0.1) is 0 Å². The van der Waals surface area contributed by atoms with Crippen LogP contribution in [0.3, 0.4) is 0 Å². The van der Waals surface area contributed by atoms with Crippen LogP contribution >= 0.6 is 0 Å². The van der Waals surface area contributed by atoms with Crippen molar-refractivity contribution >= 4 is 38.8 Å². The summed E-state index contributed by atoms with van der Waals surface area (Å²) in [6, 6.07) is 8.32. The molecule has 1 aliphatic heterocycles. The highest BCUT2D eigenvalue weighted by Crippen LogP contribution is 2.25. The highest BCUT2D eigenvalue weighted by atomic mass is 32.2. The third kappa shape index (κ3) is 6.20. The molecule has 1 aliphatic rings. The Morgan fingerprint density at radius 3 is 2.54 bits per heavy atom. The maximum absolute atomic E-state index is 13.7. The minimum absolute atomic E-state index is 0.0168. The molecule has 0 aliphatic carbocycles. The number of nitrogens with zero attached hydrogens (tertiary/aromatic N) is 2. The Kier molecular flexibility index (Phi) is 8.21. The van der Waals surface area contributed by atoms with Crippen LogP contribution in [0, 0.1) is 20.8 Å². The van der Waals surface area contributed by atoms with Crippen LogP contribution in [0.5, 0.6) is 0 Å². The van der Waals surface area contributed by atoms with E-state index >= 15 is 0 Å². The van der Waals surface area contributed by atoms with Gasteiger partial charge in [0.05, 0.1) is 28.7 Å². The van der Waals surface area contributed by atoms with Gasteiger partial charge in [-0.1, -0.05) is 23.8 Å². The molecule has 12 nitrogen and oxygen atoms in total. The summed E-state index contributed by atoms with van der Waals surface area (Å²) in [6.45, 7) is 7.08. The molecule has 3 aromatic rings. The molecule has 0 radical (unpaired) electrons. The molecule has 0 saturated carbocycles. The van der Waals surface area contributed by atoms with Gasteiger partial charge < -0.3 is 21.1 Å². The van der Waals surface area contributed by atoms with Crippen LogP contribution in [-0.2, 0) is 14.8 Å². The Hall–Kier alpha value is -3.97. The van der Waals surface area contributed by atoms with Crippen molar-refractivity contribution in [2.45, 2.75) is 50.6 Å². The van der Waals surface area contributed by atoms with E-state index in [0.29, 0.717) is 47.5 Å². The molecule has 39 heavy (non-hydrogen) atoms. The monoisotopic (exact) mass is 555 g/mol. The van der Waals surface area contributed by atoms with Crippen molar-refractivity contribution in [2.75, 3.05) is 19.6 Å². The number of amides is 1. The van der Waals surface area contributed by atoms with E-state index in [1.807, 2.05) is 6.92 Å². The normalized spacial score (nSPS) is 14.9. The quantitative estimate of drug-likeness (QED) is 0.153. The average molecular weight is 556 g/mol. The Morgan fingerprint density at radius 1 is 1.13 bits per heavy atom. The number of nitrogens with one attached hydrogen (secondary N) is 5. The molecule has 1 aromatic heterocycles. The summed E-state index contributed by atoms with van der Waals surface area (Å²) >= 11 is 0. The molecule has 2 aromatic carbocycles. The highest BCUT2D eigenvalue weighted by molar-refractivity contribution is 7.89. The van der Waals surface area contributed by atoms with Gasteiger partial charge in [-0.2, -0.15) is 9.82 Å². The number of carboxylic acids is 1. The fourth-order valence-corrected chi connectivity index (χ4v) is 6.65. The lowest BCUT2D eigenvalue weighted by molar-refractivity contribution is -0.145. The first-order chi connectivity index (χ1) is 18.5. The highest BCUT2D eigenvalue weighted by Gasteiger charge is 2.44. The van der Waals surface area contributed by atoms with E-state index in [4.69, 9.17) is 0 Å². The number of carbonyl (C=O) groups excluding carboxylic acids is 1. The third-order valence-corrected chi connectivity index (χ3v) is 8.35. The maximum atomic E-state index is 13.7. The summed E-state index contributed by atoms with van der Waals surface area (Å²) in [6.07, 6.45) is 2.06. The fraction of sp³-hybridized carbons (Fsp3) is 0.385. The lowest BCUT2D eigenvalue weighted by Gasteiger charge is -2.32. The Labute approximate surface area is 226 Å². The van der Waals surface area contributed by atoms with Crippen molar-refractivity contribution < 1.29 is 23.1 Å². The molecule has 13 heteroatoms. The fourth-order valence-electron chi connectivity index (χ4n) is 4.88. The van der Waals surface area contributed by atoms with Crippen molar-refractivity contribution in [3.63, 3.8) is 0 Å². The van der Waals surface area contributed by atoms with E-state index in [0.717, 1.165) is 12.1 Å². The van der Waals surface area contributed by atoms with Crippen molar-refractivity contribution in [3.05, 3.63) is 58.8 Å². The van der Waals surface area contributed by atoms with Crippen LogP contribution in [0.2, 0.25) is 0 Å². The van der Waals surface area contributed by atoms with E-state index < -0.39 is 27.6 Å². The van der Waals surface area contributed by atoms with Crippen molar-refractivity contribution in [3.8, 4) is 0 Å². The molecule has 1 unspecified atom stereocenters. The van der Waals surface area contributed by atoms with E-state index in [1.165, 1.54) is 12.3 Å². The number of hydrogen-bond donors (Lipinski definition) is 6. The molecule has 0 saturated heterocycles. The lowest BCUT2D eigenvalue weighted by atomic mass is 10.0. The molecule has 0 spiro atoms. The summed E-state index contributed by atoms with van der Waals surface area (Å²) < 4.78 is 29.7. The first-order valence-corrected chi connectivity index (χ1v) is 14.1. The van der Waals surface area contributed by atoms with Gasteiger partial charge in [0.25, 0.3) is 5.91 Å². The second kappa shape index (κ2) is 11.4. The maximum Gasteiger partial charge on any atom is 0.345 e. The Bertz CT molecular complexity index is 1510. The number of fused-ring (bicyclic) bond motifs is 1. The summed E-state index contributed by atoms with van der Waals surface area (Å²) in [5.41, 5.74) is 0.272. The number of unbranched alkanes of at least 4 members (excludes halogenated alkanes) is 1. The summed E-state index contributed by atoms with van der Waals surface area (Å²) in [5.74, 6) is -1.59. The number of aromatic amines is 1. The van der Waals surface area contributed by atoms with Gasteiger partial charge in [0, 0.05) is 18.5 Å². The predicted molar refractivity (Wildman–Crippen MR) is 147 cm³/mol. The minimum atomic E-state index is -4.37. The molecule has 2 heterocycles. The van der Waals surface area contributed by atoms with Crippen LogP contribution in [0.4, 0.5) is 0 Å². The molecule has 0 bridgehead atoms. The number of benzene rings is 2. The number of aliphatic imine (C=N–C) groups is 1. The standard InChI is InChI=1S/C26H33N7O5S/c1-16-13-17(2)22(18(3)14-16)39(37,38)33-26(24(35)36,9-4-5-10-27-25-28-11-12-29-25)31-23(34)19-7-6-8-21-20(19)15-30-32-21/h6-8,13-15,33H,4-5,9-12H2,1-3H3,(H,30,32)(H,31,34)(H,35,36)(H2,27,28,29). The van der Waals surface area contributed by atoms with Crippen LogP contribution < -0.4 is 20.7 Å². The number of carbonyl (C=O) groups is 2. The Balaban J connectivity index is 1.64. The second-order valence-electron chi connectivity index (χ2n) is 9.68. The van der Waals surface area contributed by atoms with Crippen LogP contribution in [0.1, 0.15) is 46.3 Å². The zero-order valence-corrected chi connectivity index (χ0v) is 22.9. The smallest absolute Gasteiger partial charge is 0.345 e. The number of hydrogen-bond acceptors (Lipinski definition) is 8. The zero-order chi connectivity index (χ0) is 28.2. The summed E-state index contributed by atoms with van der Waals surface area (Å²) in [7, 11) is -4.37. The van der Waals surface area contributed by atoms with Crippen molar-refractivity contribution in [1.29, 1.82) is 0 Å². The Morgan fingerprint density at radius 2 is 1.87 bits per heavy atom. The molecule has 1 amide bonds. The van der Waals surface area contributed by atoms with E-state index in [2.05, 4.69) is 35.9 Å². The SMILES string of the molecule is Cc1cc(C)c(S(=O)(=O)NC(CCCCNC2=NCCN2)(NC(=O)c2cccc3[nH]ncc23)C(=O)O)c(C)c1. The number of sulfonamides is 1. The van der Waals surface area contributed by atoms with Gasteiger partial charge in [-0.05, 0) is 63.3 Å². The molecule has 208 valence electrons. The number of guanidine groups is 1. The van der Waals surface area contributed by atoms with Gasteiger partial charge in [0.1, 0.15) is 0 Å². The molecular weight excluding hydrogens is 522 g/mol. The number of aromatic nitrogens is 2. The van der Waals surface area contributed by atoms with Gasteiger partial charge in [-0.25, -0.2) is 13.2 Å². The molecular formula is C26H33N7O5S. The lowest BCUT2D eigenvalue weighted by Crippen LogP contribution is -2.65. The van der Waals surface area contributed by atoms with Crippen molar-refractivity contribution in [2.24, 2.45) is 4.99 Å². The number of carboxylic acid groups (broad SMARTS) is 1. The van der Waals surface area contributed by atoms with Crippen LogP contribution in [0.15, 0.2) is 46.4 Å². The predicted octanol–water partition coefficient (Wildman–Crippen LogP) is 1.70. The number of H-pyrrole nitrogens is 1. The summed E-state index contributed by atoms with van der Waals surface area (Å²) in [4.78, 5) is 30.5. The number of rotatable bonds is 11. The van der Waals surface area contributed by atoms with Gasteiger partial charge in [0.2, 0.25) is 15.7 Å². The number of aryl methyl sites for hydroxylation is 3. The first kappa shape index (κ1) is 28.0. The summed E-state index contributed by atoms with van der Waals surface area (Å²) in [5, 5.41) is 26.3. The van der Waals surface area contributed by atoms with E-state index in [1.54, 1.807) is 38.1 Å². The van der Waals surface area contributed by atoms with Crippen molar-refractivity contribution in [1.82, 2.24) is 30.9 Å². The molecule has 6 N–H and O–H groups in total. The second-order valence-corrected chi connectivity index (χ2v) is 11.3. The van der Waals surface area contributed by atoms with Gasteiger partial charge >= 0.3 is 5.97 Å². The van der Waals surface area contributed by atoms with Gasteiger partial charge in [0.15, 0.2) is 5.96 Å². The molecule has 0 fully saturated rings. The van der Waals surface area contributed by atoms with Crippen LogP contribution in [0.25, 0.3) is 10.9 Å². The number of aliphatic carboxylic acids is 1. The van der Waals surface area contributed by atoms with Crippen LogP contribution in [-0.4, -0.2) is 66.9 Å². The minimum Gasteiger partial charge on any atom is -0.478 e. The topological polar surface area (TPSA) is 178 Å². The van der Waals surface area contributed by atoms with Gasteiger partial charge in [-0.3, -0.25) is 14.9 Å². The zero-order valence-electron chi connectivity index (χ0n) is 22.1. The van der Waals surface area contributed by atoms with E-state index in [-0.39, 0.29) is 23.3 Å².